The molecule has 4 nitrogen and oxygen atoms in total. The first-order chi connectivity index (χ1) is 10.5. The van der Waals surface area contributed by atoms with E-state index in [1.807, 2.05) is 13.0 Å². The van der Waals surface area contributed by atoms with Crippen LogP contribution in [-0.4, -0.2) is 19.2 Å². The lowest BCUT2D eigenvalue weighted by Crippen LogP contribution is -2.32. The summed E-state index contributed by atoms with van der Waals surface area (Å²) in [6.45, 7) is 2.49. The second-order valence-electron chi connectivity index (χ2n) is 4.64. The van der Waals surface area contributed by atoms with Crippen LogP contribution in [0.5, 0.6) is 5.75 Å². The number of rotatable bonds is 5. The van der Waals surface area contributed by atoms with Crippen molar-refractivity contribution in [2.24, 2.45) is 0 Å². The van der Waals surface area contributed by atoms with Gasteiger partial charge in [-0.05, 0) is 48.9 Å². The molecule has 2 N–H and O–H groups in total. The second-order valence-corrected chi connectivity index (χ2v) is 5.08. The van der Waals surface area contributed by atoms with Crippen molar-refractivity contribution in [1.82, 2.24) is 5.32 Å². The quantitative estimate of drug-likeness (QED) is 0.818. The highest BCUT2D eigenvalue weighted by Gasteiger charge is 2.04. The summed E-state index contributed by atoms with van der Waals surface area (Å²) in [5.41, 5.74) is 1.58. The van der Waals surface area contributed by atoms with Gasteiger partial charge < -0.3 is 15.4 Å². The third kappa shape index (κ3) is 4.93. The molecule has 2 aromatic rings. The Hall–Kier alpha value is -2.27. The van der Waals surface area contributed by atoms with Crippen LogP contribution in [0.15, 0.2) is 42.5 Å². The minimum atomic E-state index is -0.340. The standard InChI is InChI=1S/C16H16ClFN2O2/c1-11-2-3-12(17)10-15(11)20-16(21)19-8-9-22-14-6-4-13(18)5-7-14/h2-7,10H,8-9H2,1H3,(H2,19,20,21). The number of ether oxygens (including phenoxy) is 1. The van der Waals surface area contributed by atoms with Crippen molar-refractivity contribution in [3.05, 3.63) is 58.9 Å². The molecule has 0 unspecified atom stereocenters. The van der Waals surface area contributed by atoms with E-state index >= 15 is 0 Å². The highest BCUT2D eigenvalue weighted by Crippen LogP contribution is 2.19. The average Bonchev–Trinajstić information content (AvgIpc) is 2.49. The third-order valence-corrected chi connectivity index (χ3v) is 3.15. The number of carbonyl (C=O) groups excluding carboxylic acids is 1. The molecule has 0 aromatic heterocycles. The Kier molecular flexibility index (Phi) is 5.61. The van der Waals surface area contributed by atoms with E-state index in [4.69, 9.17) is 16.3 Å². The normalized spacial score (nSPS) is 10.1. The van der Waals surface area contributed by atoms with E-state index in [-0.39, 0.29) is 18.5 Å². The Morgan fingerprint density at radius 3 is 2.68 bits per heavy atom. The van der Waals surface area contributed by atoms with Crippen LogP contribution < -0.4 is 15.4 Å². The first-order valence-electron chi connectivity index (χ1n) is 6.74. The van der Waals surface area contributed by atoms with Gasteiger partial charge in [0.1, 0.15) is 18.2 Å². The van der Waals surface area contributed by atoms with Gasteiger partial charge >= 0.3 is 6.03 Å². The minimum absolute atomic E-state index is 0.285. The first-order valence-corrected chi connectivity index (χ1v) is 7.12. The lowest BCUT2D eigenvalue weighted by atomic mass is 10.2. The van der Waals surface area contributed by atoms with Gasteiger partial charge in [-0.3, -0.25) is 0 Å². The number of nitrogens with one attached hydrogen (secondary N) is 2. The summed E-state index contributed by atoms with van der Waals surface area (Å²) in [6, 6.07) is 10.6. The average molecular weight is 323 g/mol. The summed E-state index contributed by atoms with van der Waals surface area (Å²) in [5, 5.41) is 5.94. The number of anilines is 1. The summed E-state index contributed by atoms with van der Waals surface area (Å²) in [7, 11) is 0. The fourth-order valence-corrected chi connectivity index (χ4v) is 1.93. The zero-order valence-corrected chi connectivity index (χ0v) is 12.8. The van der Waals surface area contributed by atoms with Gasteiger partial charge in [0.25, 0.3) is 0 Å². The summed E-state index contributed by atoms with van der Waals surface area (Å²) in [4.78, 5) is 11.8. The number of hydrogen-bond acceptors (Lipinski definition) is 2. The molecule has 22 heavy (non-hydrogen) atoms. The van der Waals surface area contributed by atoms with Gasteiger partial charge in [-0.1, -0.05) is 17.7 Å². The highest BCUT2D eigenvalue weighted by molar-refractivity contribution is 6.31. The van der Waals surface area contributed by atoms with Crippen LogP contribution in [0, 0.1) is 12.7 Å². The summed E-state index contributed by atoms with van der Waals surface area (Å²) in [6.07, 6.45) is 0. The van der Waals surface area contributed by atoms with Crippen LogP contribution in [-0.2, 0) is 0 Å². The van der Waals surface area contributed by atoms with Crippen LogP contribution in [0.1, 0.15) is 5.56 Å². The number of hydrogen-bond donors (Lipinski definition) is 2. The summed E-state index contributed by atoms with van der Waals surface area (Å²) < 4.78 is 18.1. The number of halogens is 2. The van der Waals surface area contributed by atoms with Gasteiger partial charge in [0.05, 0.1) is 6.54 Å². The number of amides is 2. The van der Waals surface area contributed by atoms with Crippen molar-refractivity contribution in [3.63, 3.8) is 0 Å². The molecule has 0 aliphatic carbocycles. The summed E-state index contributed by atoms with van der Waals surface area (Å²) in [5.74, 6) is 0.232. The zero-order valence-electron chi connectivity index (χ0n) is 12.0. The van der Waals surface area contributed by atoms with E-state index in [0.29, 0.717) is 23.0 Å². The van der Waals surface area contributed by atoms with Gasteiger partial charge in [-0.25, -0.2) is 9.18 Å². The van der Waals surface area contributed by atoms with Gasteiger partial charge in [-0.15, -0.1) is 0 Å². The molecule has 2 amide bonds. The van der Waals surface area contributed by atoms with Crippen molar-refractivity contribution < 1.29 is 13.9 Å². The minimum Gasteiger partial charge on any atom is -0.492 e. The van der Waals surface area contributed by atoms with Gasteiger partial charge in [0.15, 0.2) is 0 Å². The first kappa shape index (κ1) is 16.1. The molecule has 0 aliphatic rings. The fraction of sp³-hybridized carbons (Fsp3) is 0.188. The molecule has 0 spiro atoms. The van der Waals surface area contributed by atoms with E-state index in [1.54, 1.807) is 12.1 Å². The molecule has 0 atom stereocenters. The molecule has 0 aliphatic heterocycles. The Morgan fingerprint density at radius 1 is 1.23 bits per heavy atom. The molecular formula is C16H16ClFN2O2. The molecule has 2 rings (SSSR count). The molecule has 6 heteroatoms. The van der Waals surface area contributed by atoms with E-state index in [2.05, 4.69) is 10.6 Å². The highest BCUT2D eigenvalue weighted by atomic mass is 35.5. The van der Waals surface area contributed by atoms with Crippen LogP contribution in [0.25, 0.3) is 0 Å². The number of aryl methyl sites for hydroxylation is 1. The van der Waals surface area contributed by atoms with Crippen molar-refractivity contribution in [2.75, 3.05) is 18.5 Å². The predicted molar refractivity (Wildman–Crippen MR) is 85.1 cm³/mol. The molecule has 0 saturated heterocycles. The van der Waals surface area contributed by atoms with Crippen LogP contribution >= 0.6 is 11.6 Å². The smallest absolute Gasteiger partial charge is 0.319 e. The van der Waals surface area contributed by atoms with Gasteiger partial charge in [0, 0.05) is 10.7 Å². The maximum atomic E-state index is 12.7. The number of carbonyl (C=O) groups is 1. The molecule has 0 radical (unpaired) electrons. The molecule has 116 valence electrons. The topological polar surface area (TPSA) is 50.4 Å². The monoisotopic (exact) mass is 322 g/mol. The predicted octanol–water partition coefficient (Wildman–Crippen LogP) is 3.99. The van der Waals surface area contributed by atoms with Gasteiger partial charge in [0.2, 0.25) is 0 Å². The third-order valence-electron chi connectivity index (χ3n) is 2.92. The van der Waals surface area contributed by atoms with E-state index < -0.39 is 0 Å². The van der Waals surface area contributed by atoms with Crippen molar-refractivity contribution >= 4 is 23.3 Å². The Bertz CT molecular complexity index is 647. The SMILES string of the molecule is Cc1ccc(Cl)cc1NC(=O)NCCOc1ccc(F)cc1. The van der Waals surface area contributed by atoms with E-state index in [9.17, 15) is 9.18 Å². The Morgan fingerprint density at radius 2 is 1.95 bits per heavy atom. The van der Waals surface area contributed by atoms with E-state index in [1.165, 1.54) is 24.3 Å². The molecule has 2 aromatic carbocycles. The van der Waals surface area contributed by atoms with Crippen molar-refractivity contribution in [3.8, 4) is 5.75 Å². The molecular weight excluding hydrogens is 307 g/mol. The number of benzene rings is 2. The van der Waals surface area contributed by atoms with Crippen LogP contribution in [0.3, 0.4) is 0 Å². The van der Waals surface area contributed by atoms with Crippen LogP contribution in [0.4, 0.5) is 14.9 Å². The van der Waals surface area contributed by atoms with Crippen LogP contribution in [0.2, 0.25) is 5.02 Å². The fourth-order valence-electron chi connectivity index (χ4n) is 1.76. The van der Waals surface area contributed by atoms with Gasteiger partial charge in [-0.2, -0.15) is 0 Å². The molecule has 0 fully saturated rings. The number of urea groups is 1. The van der Waals surface area contributed by atoms with Crippen molar-refractivity contribution in [1.29, 1.82) is 0 Å². The largest absolute Gasteiger partial charge is 0.492 e. The lowest BCUT2D eigenvalue weighted by Gasteiger charge is -2.11. The Balaban J connectivity index is 1.74. The van der Waals surface area contributed by atoms with E-state index in [0.717, 1.165) is 5.56 Å². The lowest BCUT2D eigenvalue weighted by molar-refractivity contribution is 0.247. The molecule has 0 saturated carbocycles. The molecule has 0 bridgehead atoms. The maximum absolute atomic E-state index is 12.7. The second kappa shape index (κ2) is 7.66. The maximum Gasteiger partial charge on any atom is 0.319 e. The van der Waals surface area contributed by atoms with Crippen molar-refractivity contribution in [2.45, 2.75) is 6.92 Å². The summed E-state index contributed by atoms with van der Waals surface area (Å²) >= 11 is 5.89. The molecule has 0 heterocycles. The Labute approximate surface area is 133 Å². The zero-order chi connectivity index (χ0) is 15.9.